The van der Waals surface area contributed by atoms with Gasteiger partial charge < -0.3 is 10.1 Å². The van der Waals surface area contributed by atoms with Gasteiger partial charge in [0.2, 0.25) is 0 Å². The van der Waals surface area contributed by atoms with Crippen LogP contribution in [0.15, 0.2) is 18.2 Å². The molecular weight excluding hydrogens is 233 g/mol. The standard InChI is InChI=1S/C14H20FNO2/c1-3-4-5-6-9-16-13-10-11(15)7-8-12(13)14(17)18-2/h7-8,10,16H,3-6,9H2,1-2H3. The Hall–Kier alpha value is -1.58. The Kier molecular flexibility index (Phi) is 6.19. The number of carbonyl (C=O) groups is 1. The van der Waals surface area contributed by atoms with E-state index in [9.17, 15) is 9.18 Å². The number of carbonyl (C=O) groups excluding carboxylic acids is 1. The topological polar surface area (TPSA) is 38.3 Å². The highest BCUT2D eigenvalue weighted by molar-refractivity contribution is 5.95. The Morgan fingerprint density at radius 2 is 2.11 bits per heavy atom. The monoisotopic (exact) mass is 253 g/mol. The number of methoxy groups -OCH3 is 1. The second-order valence-corrected chi connectivity index (χ2v) is 4.17. The van der Waals surface area contributed by atoms with Crippen molar-refractivity contribution in [1.82, 2.24) is 0 Å². The van der Waals surface area contributed by atoms with Crippen molar-refractivity contribution >= 4 is 11.7 Å². The molecule has 0 aromatic heterocycles. The van der Waals surface area contributed by atoms with E-state index >= 15 is 0 Å². The first-order chi connectivity index (χ1) is 8.69. The van der Waals surface area contributed by atoms with Gasteiger partial charge in [0.1, 0.15) is 5.82 Å². The van der Waals surface area contributed by atoms with Crippen molar-refractivity contribution in [1.29, 1.82) is 0 Å². The van der Waals surface area contributed by atoms with Crippen molar-refractivity contribution in [2.45, 2.75) is 32.6 Å². The molecule has 0 spiro atoms. The van der Waals surface area contributed by atoms with Gasteiger partial charge in [-0.15, -0.1) is 0 Å². The predicted octanol–water partition coefficient (Wildman–Crippen LogP) is 3.60. The molecule has 0 unspecified atom stereocenters. The number of anilines is 1. The molecule has 1 rings (SSSR count). The minimum Gasteiger partial charge on any atom is -0.465 e. The summed E-state index contributed by atoms with van der Waals surface area (Å²) in [6.45, 7) is 2.88. The van der Waals surface area contributed by atoms with Crippen molar-refractivity contribution in [2.24, 2.45) is 0 Å². The first kappa shape index (κ1) is 14.5. The van der Waals surface area contributed by atoms with Crippen LogP contribution in [0.5, 0.6) is 0 Å². The molecule has 1 N–H and O–H groups in total. The minimum atomic E-state index is -0.453. The number of halogens is 1. The Balaban J connectivity index is 2.62. The predicted molar refractivity (Wildman–Crippen MR) is 70.4 cm³/mol. The van der Waals surface area contributed by atoms with Gasteiger partial charge in [-0.25, -0.2) is 9.18 Å². The van der Waals surface area contributed by atoms with E-state index in [1.807, 2.05) is 0 Å². The zero-order valence-corrected chi connectivity index (χ0v) is 11.0. The number of esters is 1. The van der Waals surface area contributed by atoms with Gasteiger partial charge in [-0.1, -0.05) is 26.2 Å². The highest BCUT2D eigenvalue weighted by Gasteiger charge is 2.12. The van der Waals surface area contributed by atoms with Crippen molar-refractivity contribution in [2.75, 3.05) is 19.0 Å². The van der Waals surface area contributed by atoms with Crippen molar-refractivity contribution in [3.63, 3.8) is 0 Å². The second-order valence-electron chi connectivity index (χ2n) is 4.17. The van der Waals surface area contributed by atoms with Crippen LogP contribution >= 0.6 is 0 Å². The van der Waals surface area contributed by atoms with E-state index in [0.29, 0.717) is 11.3 Å². The SMILES string of the molecule is CCCCCCNc1cc(F)ccc1C(=O)OC. The maximum absolute atomic E-state index is 13.2. The fraction of sp³-hybridized carbons (Fsp3) is 0.500. The van der Waals surface area contributed by atoms with Crippen LogP contribution in [0.2, 0.25) is 0 Å². The van der Waals surface area contributed by atoms with Crippen LogP contribution < -0.4 is 5.32 Å². The Bertz CT molecular complexity index is 393. The highest BCUT2D eigenvalue weighted by Crippen LogP contribution is 2.18. The minimum absolute atomic E-state index is 0.362. The van der Waals surface area contributed by atoms with Crippen LogP contribution in [-0.4, -0.2) is 19.6 Å². The molecule has 0 amide bonds. The number of rotatable bonds is 7. The number of hydrogen-bond acceptors (Lipinski definition) is 3. The van der Waals surface area contributed by atoms with Gasteiger partial charge in [-0.3, -0.25) is 0 Å². The zero-order valence-electron chi connectivity index (χ0n) is 11.0. The van der Waals surface area contributed by atoms with Gasteiger partial charge in [0.15, 0.2) is 0 Å². The lowest BCUT2D eigenvalue weighted by Crippen LogP contribution is -2.09. The Labute approximate surface area is 107 Å². The summed E-state index contributed by atoms with van der Waals surface area (Å²) in [7, 11) is 1.32. The Morgan fingerprint density at radius 3 is 2.78 bits per heavy atom. The smallest absolute Gasteiger partial charge is 0.339 e. The molecule has 1 aromatic rings. The largest absolute Gasteiger partial charge is 0.465 e. The van der Waals surface area contributed by atoms with E-state index in [-0.39, 0.29) is 5.82 Å². The molecule has 0 fully saturated rings. The van der Waals surface area contributed by atoms with Crippen LogP contribution in [0.3, 0.4) is 0 Å². The van der Waals surface area contributed by atoms with E-state index < -0.39 is 5.97 Å². The molecule has 0 heterocycles. The second kappa shape index (κ2) is 7.69. The van der Waals surface area contributed by atoms with Crippen molar-refractivity contribution in [3.05, 3.63) is 29.6 Å². The molecule has 0 aliphatic rings. The lowest BCUT2D eigenvalue weighted by molar-refractivity contribution is 0.0602. The van der Waals surface area contributed by atoms with Crippen molar-refractivity contribution < 1.29 is 13.9 Å². The summed E-state index contributed by atoms with van der Waals surface area (Å²) in [6.07, 6.45) is 4.50. The van der Waals surface area contributed by atoms with Gasteiger partial charge in [-0.05, 0) is 24.6 Å². The summed E-state index contributed by atoms with van der Waals surface area (Å²) >= 11 is 0. The molecule has 0 aliphatic carbocycles. The zero-order chi connectivity index (χ0) is 13.4. The molecule has 4 heteroatoms. The van der Waals surface area contributed by atoms with Crippen LogP contribution in [-0.2, 0) is 4.74 Å². The molecule has 0 bridgehead atoms. The molecular formula is C14H20FNO2. The number of unbranched alkanes of at least 4 members (excludes halogenated alkanes) is 3. The molecule has 0 saturated carbocycles. The van der Waals surface area contributed by atoms with Crippen LogP contribution in [0.25, 0.3) is 0 Å². The summed E-state index contributed by atoms with van der Waals surface area (Å²) < 4.78 is 17.8. The van der Waals surface area contributed by atoms with Gasteiger partial charge in [0.05, 0.1) is 18.4 Å². The molecule has 1 aromatic carbocycles. The average molecular weight is 253 g/mol. The maximum Gasteiger partial charge on any atom is 0.339 e. The van der Waals surface area contributed by atoms with Crippen molar-refractivity contribution in [3.8, 4) is 0 Å². The number of ether oxygens (including phenoxy) is 1. The number of benzene rings is 1. The van der Waals surface area contributed by atoms with E-state index in [4.69, 9.17) is 0 Å². The number of nitrogens with one attached hydrogen (secondary N) is 1. The summed E-state index contributed by atoms with van der Waals surface area (Å²) in [4.78, 5) is 11.5. The molecule has 0 radical (unpaired) electrons. The lowest BCUT2D eigenvalue weighted by atomic mass is 10.1. The lowest BCUT2D eigenvalue weighted by Gasteiger charge is -2.10. The Morgan fingerprint density at radius 1 is 1.33 bits per heavy atom. The summed E-state index contributed by atoms with van der Waals surface area (Å²) in [5.41, 5.74) is 0.868. The van der Waals surface area contributed by atoms with Gasteiger partial charge in [-0.2, -0.15) is 0 Å². The summed E-state index contributed by atoms with van der Waals surface area (Å²) in [5, 5.41) is 3.09. The van der Waals surface area contributed by atoms with Gasteiger partial charge in [0, 0.05) is 6.54 Å². The molecule has 0 atom stereocenters. The van der Waals surface area contributed by atoms with E-state index in [1.165, 1.54) is 38.2 Å². The van der Waals surface area contributed by atoms with Crippen LogP contribution in [0, 0.1) is 5.82 Å². The quantitative estimate of drug-likeness (QED) is 0.596. The fourth-order valence-electron chi connectivity index (χ4n) is 1.73. The van der Waals surface area contributed by atoms with Crippen LogP contribution in [0.4, 0.5) is 10.1 Å². The first-order valence-corrected chi connectivity index (χ1v) is 6.30. The number of hydrogen-bond donors (Lipinski definition) is 1. The fourth-order valence-corrected chi connectivity index (χ4v) is 1.73. The van der Waals surface area contributed by atoms with E-state index in [1.54, 1.807) is 0 Å². The molecule has 0 aliphatic heterocycles. The van der Waals surface area contributed by atoms with Gasteiger partial charge >= 0.3 is 5.97 Å². The summed E-state index contributed by atoms with van der Waals surface area (Å²) in [5.74, 6) is -0.815. The maximum atomic E-state index is 13.2. The third-order valence-electron chi connectivity index (χ3n) is 2.73. The van der Waals surface area contributed by atoms with Gasteiger partial charge in [0.25, 0.3) is 0 Å². The normalized spacial score (nSPS) is 10.2. The molecule has 18 heavy (non-hydrogen) atoms. The average Bonchev–Trinajstić information content (AvgIpc) is 2.38. The third kappa shape index (κ3) is 4.35. The third-order valence-corrected chi connectivity index (χ3v) is 2.73. The summed E-state index contributed by atoms with van der Waals surface area (Å²) in [6, 6.07) is 4.02. The molecule has 3 nitrogen and oxygen atoms in total. The van der Waals surface area contributed by atoms with Crippen LogP contribution in [0.1, 0.15) is 43.0 Å². The molecule has 0 saturated heterocycles. The van der Waals surface area contributed by atoms with E-state index in [0.717, 1.165) is 19.4 Å². The first-order valence-electron chi connectivity index (χ1n) is 6.30. The molecule has 100 valence electrons. The highest BCUT2D eigenvalue weighted by atomic mass is 19.1. The van der Waals surface area contributed by atoms with E-state index in [2.05, 4.69) is 17.0 Å².